The van der Waals surface area contributed by atoms with Crippen LogP contribution in [0.1, 0.15) is 86.4 Å². The van der Waals surface area contributed by atoms with Gasteiger partial charge in [0.2, 0.25) is 17.7 Å². The Morgan fingerprint density at radius 3 is 1.67 bits per heavy atom. The summed E-state index contributed by atoms with van der Waals surface area (Å²) in [6, 6.07) is 7.58. The smallest absolute Gasteiger partial charge is 0.407 e. The van der Waals surface area contributed by atoms with Crippen LogP contribution in [0.4, 0.5) is 14.4 Å². The number of nitrogens with one attached hydrogen (secondary N) is 5. The summed E-state index contributed by atoms with van der Waals surface area (Å²) in [4.78, 5) is 88.7. The van der Waals surface area contributed by atoms with Crippen LogP contribution in [0.15, 0.2) is 36.4 Å². The zero-order valence-corrected chi connectivity index (χ0v) is 40.7. The molecular formula is C45H72N8O13. The molecule has 2 aromatic rings. The first kappa shape index (κ1) is 57.7. The fraction of sp³-hybridized carbons (Fsp3) is 0.578. The molecular weight excluding hydrogens is 861 g/mol. The van der Waals surface area contributed by atoms with Crippen LogP contribution in [0.5, 0.6) is 11.5 Å². The highest BCUT2D eigenvalue weighted by atomic mass is 16.6. The lowest BCUT2D eigenvalue weighted by Crippen LogP contribution is -2.49. The van der Waals surface area contributed by atoms with Crippen molar-refractivity contribution in [3.8, 4) is 22.6 Å². The summed E-state index contributed by atoms with van der Waals surface area (Å²) < 4.78 is 32.8. The third kappa shape index (κ3) is 21.6. The number of likely N-dealkylation sites (N-methyl/N-ethyl adjacent to an activating group) is 1. The molecule has 0 fully saturated rings. The first-order chi connectivity index (χ1) is 30.8. The van der Waals surface area contributed by atoms with Crippen molar-refractivity contribution in [1.29, 1.82) is 0 Å². The van der Waals surface area contributed by atoms with Gasteiger partial charge in [0.25, 0.3) is 0 Å². The molecule has 3 rings (SSSR count). The van der Waals surface area contributed by atoms with Gasteiger partial charge in [-0.3, -0.25) is 14.4 Å². The Kier molecular flexibility index (Phi) is 23.8. The second kappa shape index (κ2) is 27.2. The number of esters is 1. The largest absolute Gasteiger partial charge is 0.491 e. The van der Waals surface area contributed by atoms with Gasteiger partial charge >= 0.3 is 24.2 Å². The number of nitrogens with two attached hydrogens (primary N) is 2. The molecule has 0 spiro atoms. The average Bonchev–Trinajstić information content (AvgIpc) is 3.21. The van der Waals surface area contributed by atoms with E-state index < -0.39 is 72.3 Å². The van der Waals surface area contributed by atoms with E-state index >= 15 is 0 Å². The molecule has 370 valence electrons. The number of hydrogen-bond acceptors (Lipinski definition) is 15. The van der Waals surface area contributed by atoms with E-state index in [4.69, 9.17) is 34.2 Å². The van der Waals surface area contributed by atoms with Crippen molar-refractivity contribution >= 4 is 42.0 Å². The maximum Gasteiger partial charge on any atom is 0.407 e. The minimum atomic E-state index is -1.25. The van der Waals surface area contributed by atoms with Crippen molar-refractivity contribution < 1.29 is 62.0 Å². The van der Waals surface area contributed by atoms with Crippen LogP contribution in [0, 0.1) is 0 Å². The zero-order valence-electron chi connectivity index (χ0n) is 40.7. The first-order valence-corrected chi connectivity index (χ1v) is 21.4. The van der Waals surface area contributed by atoms with Crippen molar-refractivity contribution in [2.24, 2.45) is 11.5 Å². The average molecular weight is 933 g/mol. The predicted molar refractivity (Wildman–Crippen MR) is 247 cm³/mol. The van der Waals surface area contributed by atoms with Gasteiger partial charge in [-0.2, -0.15) is 0 Å². The molecule has 66 heavy (non-hydrogen) atoms. The molecule has 4 bridgehead atoms. The lowest BCUT2D eigenvalue weighted by Gasteiger charge is -2.29. The molecule has 2 unspecified atom stereocenters. The van der Waals surface area contributed by atoms with Crippen LogP contribution in [-0.2, 0) is 44.5 Å². The third-order valence-electron chi connectivity index (χ3n) is 8.32. The minimum Gasteiger partial charge on any atom is -0.491 e. The van der Waals surface area contributed by atoms with Crippen LogP contribution in [0.3, 0.4) is 0 Å². The van der Waals surface area contributed by atoms with Gasteiger partial charge in [-0.05, 0) is 112 Å². The van der Waals surface area contributed by atoms with Crippen LogP contribution in [0.25, 0.3) is 11.1 Å². The number of fused-ring (bicyclic) bond motifs is 5. The normalized spacial score (nSPS) is 14.8. The van der Waals surface area contributed by atoms with Gasteiger partial charge in [-0.25, -0.2) is 19.2 Å². The number of carbonyl (C=O) groups is 7. The molecule has 0 aliphatic carbocycles. The molecule has 1 aliphatic heterocycles. The monoisotopic (exact) mass is 933 g/mol. The van der Waals surface area contributed by atoms with Crippen LogP contribution >= 0.6 is 0 Å². The molecule has 0 saturated heterocycles. The third-order valence-corrected chi connectivity index (χ3v) is 8.32. The standard InChI is InChI=1S/C37H52N6O11.C7H15NO2.CH5N/c1-36(2,3)53-34(48)39-13-15-51-27-11-9-22-17-24(27)25-19-23(10-12-28(25)52-16-14-40-35(49)54-37(4,5)6)31(43(7)30(45)20-38)32(46)41-21-29(44)42-26(18-22)33(47)50-8;1-5-8-6(9)10-7(2,3)4;1-2/h9-12,17,19,26,31H,13-16,18,20-21,38H2,1-8H3,(H,39,48)(H,40,49)(H,41,46)(H,42,44);5H2,1-4H3,(H,8,9);2H2,1H3. The SMILES string of the molecule is CCNC(=O)OC(C)(C)C.CN.COC(=O)C1Cc2ccc(OCCNC(=O)OC(C)(C)C)c(c2)-c2cc(ccc2OCCNC(=O)OC(C)(C)C)C(N(C)C(=O)CN)C(=O)NCC(=O)N1. The number of rotatable bonds is 12. The number of ether oxygens (including phenoxy) is 6. The number of amides is 6. The van der Waals surface area contributed by atoms with Crippen LogP contribution in [0.2, 0.25) is 0 Å². The van der Waals surface area contributed by atoms with Gasteiger partial charge in [0.05, 0.1) is 33.3 Å². The quantitative estimate of drug-likeness (QED) is 0.0915. The van der Waals surface area contributed by atoms with Crippen LogP contribution < -0.4 is 47.5 Å². The summed E-state index contributed by atoms with van der Waals surface area (Å²) >= 11 is 0. The topological polar surface area (TPSA) is 290 Å². The summed E-state index contributed by atoms with van der Waals surface area (Å²) in [6.07, 6.45) is -1.59. The maximum absolute atomic E-state index is 13.7. The fourth-order valence-electron chi connectivity index (χ4n) is 5.73. The summed E-state index contributed by atoms with van der Waals surface area (Å²) in [7, 11) is 4.10. The van der Waals surface area contributed by atoms with Crippen molar-refractivity contribution in [2.45, 2.75) is 105 Å². The maximum atomic E-state index is 13.7. The molecule has 0 aromatic heterocycles. The van der Waals surface area contributed by atoms with E-state index in [2.05, 4.69) is 32.3 Å². The second-order valence-electron chi connectivity index (χ2n) is 17.3. The van der Waals surface area contributed by atoms with Crippen molar-refractivity contribution in [3.63, 3.8) is 0 Å². The highest BCUT2D eigenvalue weighted by molar-refractivity contribution is 5.93. The molecule has 21 heteroatoms. The van der Waals surface area contributed by atoms with Gasteiger partial charge in [-0.1, -0.05) is 12.1 Å². The van der Waals surface area contributed by atoms with Gasteiger partial charge < -0.3 is 71.4 Å². The number of benzene rings is 2. The molecule has 2 atom stereocenters. The van der Waals surface area contributed by atoms with Gasteiger partial charge in [0.1, 0.15) is 53.6 Å². The highest BCUT2D eigenvalue weighted by Crippen LogP contribution is 2.40. The zero-order chi connectivity index (χ0) is 50.4. The number of hydrogen-bond donors (Lipinski definition) is 7. The Morgan fingerprint density at radius 1 is 0.742 bits per heavy atom. The summed E-state index contributed by atoms with van der Waals surface area (Å²) in [5.41, 5.74) is 10.2. The molecule has 1 aliphatic rings. The molecule has 21 nitrogen and oxygen atoms in total. The van der Waals surface area contributed by atoms with E-state index in [9.17, 15) is 33.6 Å². The second-order valence-corrected chi connectivity index (χ2v) is 17.3. The molecule has 1 heterocycles. The molecule has 2 aromatic carbocycles. The lowest BCUT2D eigenvalue weighted by atomic mass is 9.94. The fourth-order valence-corrected chi connectivity index (χ4v) is 5.73. The molecule has 6 amide bonds. The molecule has 0 radical (unpaired) electrons. The Morgan fingerprint density at radius 2 is 1.21 bits per heavy atom. The van der Waals surface area contributed by atoms with Gasteiger partial charge in [-0.15, -0.1) is 0 Å². The van der Waals surface area contributed by atoms with Crippen molar-refractivity contribution in [3.05, 3.63) is 47.5 Å². The van der Waals surface area contributed by atoms with E-state index in [0.717, 1.165) is 4.90 Å². The van der Waals surface area contributed by atoms with E-state index in [0.29, 0.717) is 40.3 Å². The number of alkyl carbamates (subject to hydrolysis) is 3. The van der Waals surface area contributed by atoms with E-state index in [-0.39, 0.29) is 44.4 Å². The Labute approximate surface area is 388 Å². The van der Waals surface area contributed by atoms with Crippen molar-refractivity contribution in [1.82, 2.24) is 31.5 Å². The van der Waals surface area contributed by atoms with E-state index in [1.54, 1.807) is 77.9 Å². The lowest BCUT2D eigenvalue weighted by molar-refractivity contribution is -0.145. The number of carbonyl (C=O) groups excluding carboxylic acids is 7. The van der Waals surface area contributed by atoms with Crippen LogP contribution in [-0.4, -0.2) is 137 Å². The minimum absolute atomic E-state index is 0.00585. The summed E-state index contributed by atoms with van der Waals surface area (Å²) in [5.74, 6) is -1.98. The highest BCUT2D eigenvalue weighted by Gasteiger charge is 2.31. The first-order valence-electron chi connectivity index (χ1n) is 21.4. The summed E-state index contributed by atoms with van der Waals surface area (Å²) in [5, 5.41) is 13.0. The van der Waals surface area contributed by atoms with Gasteiger partial charge in [0, 0.05) is 31.1 Å². The number of methoxy groups -OCH3 is 1. The number of nitrogens with zero attached hydrogens (tertiary/aromatic N) is 1. The van der Waals surface area contributed by atoms with Crippen molar-refractivity contribution in [2.75, 3.05) is 67.1 Å². The van der Waals surface area contributed by atoms with E-state index in [1.165, 1.54) is 21.2 Å². The Balaban J connectivity index is 0.00000160. The van der Waals surface area contributed by atoms with E-state index in [1.807, 2.05) is 27.7 Å². The Hall–Kier alpha value is -6.35. The Bertz CT molecular complexity index is 1940. The summed E-state index contributed by atoms with van der Waals surface area (Å²) in [6.45, 7) is 17.7. The predicted octanol–water partition coefficient (Wildman–Crippen LogP) is 3.05. The molecule has 0 saturated carbocycles. The van der Waals surface area contributed by atoms with Gasteiger partial charge in [0.15, 0.2) is 0 Å². The molecule has 9 N–H and O–H groups in total.